The molecule has 0 radical (unpaired) electrons. The summed E-state index contributed by atoms with van der Waals surface area (Å²) < 4.78 is 27.7. The van der Waals surface area contributed by atoms with Gasteiger partial charge in [0.1, 0.15) is 0 Å². The number of nitrogens with zero attached hydrogens (tertiary/aromatic N) is 2. The predicted molar refractivity (Wildman–Crippen MR) is 85.5 cm³/mol. The Morgan fingerprint density at radius 2 is 1.86 bits per heavy atom. The Morgan fingerprint density at radius 1 is 1.29 bits per heavy atom. The van der Waals surface area contributed by atoms with Crippen molar-refractivity contribution in [3.63, 3.8) is 0 Å². The van der Waals surface area contributed by atoms with E-state index in [-0.39, 0.29) is 23.6 Å². The molecular weight excluding hydrogens is 356 g/mol. The van der Waals surface area contributed by atoms with Crippen molar-refractivity contribution in [3.8, 4) is 0 Å². The molecule has 0 aliphatic carbocycles. The molecule has 0 saturated carbocycles. The normalized spacial score (nSPS) is 25.2. The fraction of sp³-hybridized carbons (Fsp3) is 0.571. The molecule has 1 fully saturated rings. The molecular formula is C14H21BrN2O3S. The fourth-order valence-corrected chi connectivity index (χ4v) is 5.23. The Balaban J connectivity index is 2.34. The third-order valence-electron chi connectivity index (χ3n) is 4.12. The quantitative estimate of drug-likeness (QED) is 0.871. The number of piperazine rings is 1. The summed E-state index contributed by atoms with van der Waals surface area (Å²) in [5, 5.41) is 9.12. The van der Waals surface area contributed by atoms with E-state index in [2.05, 4.69) is 20.8 Å². The minimum absolute atomic E-state index is 0.110. The molecule has 1 N–H and O–H groups in total. The minimum atomic E-state index is -3.53. The van der Waals surface area contributed by atoms with Crippen molar-refractivity contribution in [3.05, 3.63) is 28.2 Å². The van der Waals surface area contributed by atoms with Crippen molar-refractivity contribution in [1.29, 1.82) is 0 Å². The number of benzene rings is 1. The van der Waals surface area contributed by atoms with E-state index < -0.39 is 10.0 Å². The zero-order valence-electron chi connectivity index (χ0n) is 12.5. The molecule has 2 atom stereocenters. The molecule has 7 heteroatoms. The van der Waals surface area contributed by atoms with Crippen LogP contribution in [0.15, 0.2) is 27.6 Å². The summed E-state index contributed by atoms with van der Waals surface area (Å²) in [5.74, 6) is 0. The van der Waals surface area contributed by atoms with Crippen LogP contribution >= 0.6 is 15.9 Å². The Morgan fingerprint density at radius 3 is 2.33 bits per heavy atom. The molecule has 1 aliphatic rings. The number of hydrogen-bond acceptors (Lipinski definition) is 4. The van der Waals surface area contributed by atoms with Crippen LogP contribution in [-0.4, -0.2) is 55.0 Å². The monoisotopic (exact) mass is 376 g/mol. The highest BCUT2D eigenvalue weighted by Crippen LogP contribution is 2.28. The van der Waals surface area contributed by atoms with Gasteiger partial charge >= 0.3 is 0 Å². The first-order valence-corrected chi connectivity index (χ1v) is 9.12. The van der Waals surface area contributed by atoms with Crippen LogP contribution in [-0.2, 0) is 16.6 Å². The maximum absolute atomic E-state index is 12.8. The largest absolute Gasteiger partial charge is 0.392 e. The van der Waals surface area contributed by atoms with E-state index in [4.69, 9.17) is 5.11 Å². The van der Waals surface area contributed by atoms with E-state index in [9.17, 15) is 8.42 Å². The Kier molecular flexibility index (Phi) is 5.10. The number of aliphatic hydroxyl groups excluding tert-OH is 1. The smallest absolute Gasteiger partial charge is 0.244 e. The van der Waals surface area contributed by atoms with Crippen molar-refractivity contribution in [2.45, 2.75) is 37.4 Å². The highest BCUT2D eigenvalue weighted by Gasteiger charge is 2.35. The topological polar surface area (TPSA) is 60.9 Å². The van der Waals surface area contributed by atoms with E-state index in [1.54, 1.807) is 22.5 Å². The molecule has 0 aromatic heterocycles. The van der Waals surface area contributed by atoms with Crippen molar-refractivity contribution in [2.75, 3.05) is 20.1 Å². The number of halogens is 1. The third kappa shape index (κ3) is 3.32. The SMILES string of the molecule is CC1CN(S(=O)(=O)c2ccc(CO)cc2Br)CC(C)N1C. The van der Waals surface area contributed by atoms with Gasteiger partial charge in [0.15, 0.2) is 0 Å². The van der Waals surface area contributed by atoms with Crippen LogP contribution in [0.3, 0.4) is 0 Å². The molecule has 1 aromatic rings. The lowest BCUT2D eigenvalue weighted by atomic mass is 10.1. The third-order valence-corrected chi connectivity index (χ3v) is 6.93. The van der Waals surface area contributed by atoms with Crippen LogP contribution < -0.4 is 0 Å². The lowest BCUT2D eigenvalue weighted by Crippen LogP contribution is -2.56. The summed E-state index contributed by atoms with van der Waals surface area (Å²) in [6, 6.07) is 5.20. The van der Waals surface area contributed by atoms with E-state index in [0.29, 0.717) is 23.1 Å². The molecule has 0 spiro atoms. The van der Waals surface area contributed by atoms with Gasteiger partial charge in [-0.15, -0.1) is 0 Å². The number of likely N-dealkylation sites (N-methyl/N-ethyl adjacent to an activating group) is 1. The Hall–Kier alpha value is -0.470. The van der Waals surface area contributed by atoms with E-state index >= 15 is 0 Å². The first-order chi connectivity index (χ1) is 9.77. The van der Waals surface area contributed by atoms with Crippen molar-refractivity contribution >= 4 is 26.0 Å². The number of hydrogen-bond donors (Lipinski definition) is 1. The van der Waals surface area contributed by atoms with Gasteiger partial charge in [-0.05, 0) is 54.5 Å². The van der Waals surface area contributed by atoms with Crippen molar-refractivity contribution < 1.29 is 13.5 Å². The Bertz CT molecular complexity index is 609. The van der Waals surface area contributed by atoms with Gasteiger partial charge in [-0.3, -0.25) is 4.90 Å². The molecule has 2 rings (SSSR count). The second kappa shape index (κ2) is 6.34. The summed E-state index contributed by atoms with van der Waals surface area (Å²) in [7, 11) is -1.51. The first-order valence-electron chi connectivity index (χ1n) is 6.88. The van der Waals surface area contributed by atoms with Crippen LogP contribution in [0, 0.1) is 0 Å². The second-order valence-electron chi connectivity index (χ2n) is 5.61. The summed E-state index contributed by atoms with van der Waals surface area (Å²) in [6.07, 6.45) is 0. The second-order valence-corrected chi connectivity index (χ2v) is 8.37. The lowest BCUT2D eigenvalue weighted by molar-refractivity contribution is 0.105. The number of aliphatic hydroxyl groups is 1. The highest BCUT2D eigenvalue weighted by molar-refractivity contribution is 9.10. The summed E-state index contributed by atoms with van der Waals surface area (Å²) in [6.45, 7) is 4.92. The molecule has 1 aromatic carbocycles. The summed E-state index contributed by atoms with van der Waals surface area (Å²) in [5.41, 5.74) is 0.681. The van der Waals surface area contributed by atoms with Gasteiger partial charge in [0.2, 0.25) is 10.0 Å². The van der Waals surface area contributed by atoms with Gasteiger partial charge in [0, 0.05) is 29.6 Å². The van der Waals surface area contributed by atoms with Gasteiger partial charge in [0.05, 0.1) is 11.5 Å². The zero-order valence-corrected chi connectivity index (χ0v) is 14.9. The number of rotatable bonds is 3. The molecule has 1 heterocycles. The molecule has 1 aliphatic heterocycles. The maximum atomic E-state index is 12.8. The molecule has 21 heavy (non-hydrogen) atoms. The van der Waals surface area contributed by atoms with Gasteiger partial charge in [-0.1, -0.05) is 6.07 Å². The highest BCUT2D eigenvalue weighted by atomic mass is 79.9. The zero-order chi connectivity index (χ0) is 15.8. The van der Waals surface area contributed by atoms with Gasteiger partial charge in [-0.25, -0.2) is 8.42 Å². The molecule has 118 valence electrons. The predicted octanol–water partition coefficient (Wildman–Crippen LogP) is 1.65. The van der Waals surface area contributed by atoms with Gasteiger partial charge in [0.25, 0.3) is 0 Å². The standard InChI is InChI=1S/C14H21BrN2O3S/c1-10-7-17(8-11(2)16(10)3)21(19,20)14-5-4-12(9-18)6-13(14)15/h4-6,10-11,18H,7-9H2,1-3H3. The maximum Gasteiger partial charge on any atom is 0.244 e. The average molecular weight is 377 g/mol. The molecule has 0 bridgehead atoms. The van der Waals surface area contributed by atoms with Gasteiger partial charge in [-0.2, -0.15) is 4.31 Å². The Labute approximate surface area is 134 Å². The molecule has 5 nitrogen and oxygen atoms in total. The molecule has 1 saturated heterocycles. The van der Waals surface area contributed by atoms with E-state index in [0.717, 1.165) is 0 Å². The van der Waals surface area contributed by atoms with Crippen LogP contribution in [0.5, 0.6) is 0 Å². The molecule has 0 amide bonds. The minimum Gasteiger partial charge on any atom is -0.392 e. The summed E-state index contributed by atoms with van der Waals surface area (Å²) >= 11 is 3.31. The lowest BCUT2D eigenvalue weighted by Gasteiger charge is -2.41. The van der Waals surface area contributed by atoms with Crippen LogP contribution in [0.1, 0.15) is 19.4 Å². The number of sulfonamides is 1. The summed E-state index contributed by atoms with van der Waals surface area (Å²) in [4.78, 5) is 2.44. The van der Waals surface area contributed by atoms with E-state index in [1.165, 1.54) is 0 Å². The van der Waals surface area contributed by atoms with Crippen LogP contribution in [0.4, 0.5) is 0 Å². The van der Waals surface area contributed by atoms with Crippen molar-refractivity contribution in [2.24, 2.45) is 0 Å². The fourth-order valence-electron chi connectivity index (χ4n) is 2.54. The first kappa shape index (κ1) is 16.9. The van der Waals surface area contributed by atoms with Crippen LogP contribution in [0.2, 0.25) is 0 Å². The molecule has 2 unspecified atom stereocenters. The van der Waals surface area contributed by atoms with Gasteiger partial charge < -0.3 is 5.11 Å². The van der Waals surface area contributed by atoms with E-state index in [1.807, 2.05) is 20.9 Å². The average Bonchev–Trinajstić information content (AvgIpc) is 2.43. The van der Waals surface area contributed by atoms with Crippen LogP contribution in [0.25, 0.3) is 0 Å². The van der Waals surface area contributed by atoms with Crippen molar-refractivity contribution in [1.82, 2.24) is 9.21 Å².